The summed E-state index contributed by atoms with van der Waals surface area (Å²) in [7, 11) is 0. The molecular formula is C28H30ClFN4O3. The minimum Gasteiger partial charge on any atom is -0.359 e. The molecule has 0 aliphatic heterocycles. The highest BCUT2D eigenvalue weighted by Gasteiger charge is 2.28. The standard InChI is InChI=1S/C22H26N4O3.C6H4ClF/c27-15-23-10-4-1-2-7-21(28)25-19-9-8-16-12-18(13-17(16)14-19)22(29)26-20-6-3-5-11-24-20;7-5-3-1-2-4-6(5)8/h3,5-6,8-9,11,14-15,18H,1-2,4,7,10,12-13H2,(H,23,27)(H,25,28)(H,24,26,29);1-4H. The minimum atomic E-state index is -0.367. The van der Waals surface area contributed by atoms with Crippen LogP contribution in [0.1, 0.15) is 36.8 Å². The maximum atomic E-state index is 12.5. The summed E-state index contributed by atoms with van der Waals surface area (Å²) in [5.41, 5.74) is 3.01. The molecule has 1 aliphatic carbocycles. The van der Waals surface area contributed by atoms with Crippen LogP contribution in [0.25, 0.3) is 0 Å². The number of carbonyl (C=O) groups is 3. The van der Waals surface area contributed by atoms with E-state index in [2.05, 4.69) is 20.9 Å². The second kappa shape index (κ2) is 14.7. The molecule has 1 unspecified atom stereocenters. The van der Waals surface area contributed by atoms with Crippen LogP contribution < -0.4 is 16.0 Å². The van der Waals surface area contributed by atoms with Gasteiger partial charge in [-0.25, -0.2) is 9.37 Å². The molecule has 0 radical (unpaired) electrons. The Morgan fingerprint density at radius 1 is 0.973 bits per heavy atom. The number of benzene rings is 2. The van der Waals surface area contributed by atoms with E-state index < -0.39 is 0 Å². The zero-order chi connectivity index (χ0) is 26.5. The van der Waals surface area contributed by atoms with E-state index >= 15 is 0 Å². The van der Waals surface area contributed by atoms with Gasteiger partial charge in [0.2, 0.25) is 18.2 Å². The van der Waals surface area contributed by atoms with Gasteiger partial charge in [0, 0.05) is 30.8 Å². The third kappa shape index (κ3) is 9.31. The predicted octanol–water partition coefficient (Wildman–Crippen LogP) is 5.16. The number of halogens is 2. The molecule has 0 bridgehead atoms. The molecule has 3 aromatic rings. The number of hydrogen-bond acceptors (Lipinski definition) is 4. The topological polar surface area (TPSA) is 100 Å². The highest BCUT2D eigenvalue weighted by molar-refractivity contribution is 6.30. The van der Waals surface area contributed by atoms with Crippen molar-refractivity contribution < 1.29 is 18.8 Å². The molecule has 1 heterocycles. The fourth-order valence-corrected chi connectivity index (χ4v) is 4.09. The number of aromatic nitrogens is 1. The SMILES string of the molecule is Fc1ccccc1Cl.O=CNCCCCCC(=O)Nc1ccc2c(c1)CC(C(=O)Nc1ccccn1)C2. The second-order valence-corrected chi connectivity index (χ2v) is 9.05. The maximum absolute atomic E-state index is 12.5. The van der Waals surface area contributed by atoms with Gasteiger partial charge in [0.05, 0.1) is 5.02 Å². The van der Waals surface area contributed by atoms with Crippen LogP contribution in [0.5, 0.6) is 0 Å². The summed E-state index contributed by atoms with van der Waals surface area (Å²) in [6.45, 7) is 0.644. The van der Waals surface area contributed by atoms with Gasteiger partial charge in [-0.15, -0.1) is 0 Å². The van der Waals surface area contributed by atoms with Crippen molar-refractivity contribution in [1.29, 1.82) is 0 Å². The first-order valence-electron chi connectivity index (χ1n) is 12.2. The predicted molar refractivity (Wildman–Crippen MR) is 143 cm³/mol. The molecule has 0 spiro atoms. The molecule has 7 nitrogen and oxygen atoms in total. The van der Waals surface area contributed by atoms with Crippen LogP contribution in [0.4, 0.5) is 15.9 Å². The van der Waals surface area contributed by atoms with E-state index in [1.54, 1.807) is 24.4 Å². The summed E-state index contributed by atoms with van der Waals surface area (Å²) >= 11 is 5.33. The van der Waals surface area contributed by atoms with Crippen LogP contribution >= 0.6 is 11.6 Å². The molecule has 37 heavy (non-hydrogen) atoms. The van der Waals surface area contributed by atoms with Gasteiger partial charge >= 0.3 is 0 Å². The van der Waals surface area contributed by atoms with Crippen molar-refractivity contribution in [3.8, 4) is 0 Å². The first-order chi connectivity index (χ1) is 18.0. The Bertz CT molecular complexity index is 1170. The number of unbranched alkanes of at least 4 members (excludes halogenated alkanes) is 2. The number of rotatable bonds is 10. The second-order valence-electron chi connectivity index (χ2n) is 8.64. The molecule has 3 N–H and O–H groups in total. The molecule has 4 rings (SSSR count). The monoisotopic (exact) mass is 524 g/mol. The smallest absolute Gasteiger partial charge is 0.229 e. The molecular weight excluding hydrogens is 495 g/mol. The summed E-state index contributed by atoms with van der Waals surface area (Å²) < 4.78 is 12.2. The van der Waals surface area contributed by atoms with Crippen LogP contribution in [-0.2, 0) is 27.2 Å². The largest absolute Gasteiger partial charge is 0.359 e. The summed E-state index contributed by atoms with van der Waals surface area (Å²) in [5.74, 6) is 0.0146. The lowest BCUT2D eigenvalue weighted by atomic mass is 10.1. The minimum absolute atomic E-state index is 0.0178. The fraction of sp³-hybridized carbons (Fsp3) is 0.286. The van der Waals surface area contributed by atoms with Gasteiger partial charge < -0.3 is 16.0 Å². The number of pyridine rings is 1. The van der Waals surface area contributed by atoms with Gasteiger partial charge in [0.25, 0.3) is 0 Å². The van der Waals surface area contributed by atoms with Gasteiger partial charge in [-0.1, -0.05) is 42.3 Å². The molecule has 9 heteroatoms. The summed E-state index contributed by atoms with van der Waals surface area (Å²) in [4.78, 5) is 38.9. The van der Waals surface area contributed by atoms with E-state index in [4.69, 9.17) is 11.6 Å². The van der Waals surface area contributed by atoms with Crippen molar-refractivity contribution in [3.05, 3.63) is 88.8 Å². The Labute approximate surface area is 220 Å². The van der Waals surface area contributed by atoms with Gasteiger partial charge in [0.15, 0.2) is 0 Å². The molecule has 194 valence electrons. The van der Waals surface area contributed by atoms with Gasteiger partial charge in [-0.2, -0.15) is 0 Å². The van der Waals surface area contributed by atoms with Crippen LogP contribution in [0, 0.1) is 11.7 Å². The number of amides is 3. The highest BCUT2D eigenvalue weighted by atomic mass is 35.5. The molecule has 2 aromatic carbocycles. The van der Waals surface area contributed by atoms with Crippen LogP contribution in [-0.4, -0.2) is 29.8 Å². The van der Waals surface area contributed by atoms with E-state index in [-0.39, 0.29) is 28.6 Å². The highest BCUT2D eigenvalue weighted by Crippen LogP contribution is 2.30. The van der Waals surface area contributed by atoms with Crippen molar-refractivity contribution >= 4 is 41.3 Å². The van der Waals surface area contributed by atoms with Gasteiger partial charge in [-0.05, 0) is 73.2 Å². The third-order valence-electron chi connectivity index (χ3n) is 5.84. The Balaban J connectivity index is 0.000000405. The van der Waals surface area contributed by atoms with Crippen molar-refractivity contribution in [3.63, 3.8) is 0 Å². The number of fused-ring (bicyclic) bond motifs is 1. The quantitative estimate of drug-likeness (QED) is 0.252. The lowest BCUT2D eigenvalue weighted by Gasteiger charge is -2.09. The van der Waals surface area contributed by atoms with E-state index in [0.717, 1.165) is 36.1 Å². The van der Waals surface area contributed by atoms with E-state index in [9.17, 15) is 18.8 Å². The zero-order valence-corrected chi connectivity index (χ0v) is 21.1. The zero-order valence-electron chi connectivity index (χ0n) is 20.4. The normalized spacial score (nSPS) is 13.5. The van der Waals surface area contributed by atoms with Gasteiger partial charge in [-0.3, -0.25) is 14.4 Å². The Morgan fingerprint density at radius 3 is 2.46 bits per heavy atom. The molecule has 1 aromatic heterocycles. The van der Waals surface area contributed by atoms with E-state index in [1.807, 2.05) is 30.3 Å². The first-order valence-corrected chi connectivity index (χ1v) is 12.5. The maximum Gasteiger partial charge on any atom is 0.229 e. The van der Waals surface area contributed by atoms with Crippen LogP contribution in [0.15, 0.2) is 66.9 Å². The van der Waals surface area contributed by atoms with Crippen molar-refractivity contribution in [2.24, 2.45) is 5.92 Å². The Hall–Kier alpha value is -3.78. The molecule has 0 saturated heterocycles. The Morgan fingerprint density at radius 2 is 1.76 bits per heavy atom. The van der Waals surface area contributed by atoms with Crippen LogP contribution in [0.2, 0.25) is 5.02 Å². The number of nitrogens with zero attached hydrogens (tertiary/aromatic N) is 1. The molecule has 0 fully saturated rings. The number of carbonyl (C=O) groups excluding carboxylic acids is 3. The lowest BCUT2D eigenvalue weighted by Crippen LogP contribution is -2.23. The summed E-state index contributed by atoms with van der Waals surface area (Å²) in [6.07, 6.45) is 6.68. The van der Waals surface area contributed by atoms with Gasteiger partial charge in [0.1, 0.15) is 11.6 Å². The van der Waals surface area contributed by atoms with Crippen LogP contribution in [0.3, 0.4) is 0 Å². The fourth-order valence-electron chi connectivity index (χ4n) is 3.96. The molecule has 1 aliphatic rings. The van der Waals surface area contributed by atoms with E-state index in [1.165, 1.54) is 12.1 Å². The lowest BCUT2D eigenvalue weighted by molar-refractivity contribution is -0.119. The molecule has 3 amide bonds. The summed E-state index contributed by atoms with van der Waals surface area (Å²) in [5, 5.41) is 8.59. The average molecular weight is 525 g/mol. The Kier molecular flexibility index (Phi) is 11.0. The van der Waals surface area contributed by atoms with Crippen molar-refractivity contribution in [1.82, 2.24) is 10.3 Å². The number of hydrogen-bond donors (Lipinski definition) is 3. The number of nitrogens with one attached hydrogen (secondary N) is 3. The van der Waals surface area contributed by atoms with Crippen molar-refractivity contribution in [2.75, 3.05) is 17.2 Å². The molecule has 0 saturated carbocycles. The average Bonchev–Trinajstić information content (AvgIpc) is 3.33. The molecule has 1 atom stereocenters. The third-order valence-corrected chi connectivity index (χ3v) is 6.15. The van der Waals surface area contributed by atoms with Crippen molar-refractivity contribution in [2.45, 2.75) is 38.5 Å². The number of anilines is 2. The summed E-state index contributed by atoms with van der Waals surface area (Å²) in [6, 6.07) is 17.4. The first kappa shape index (κ1) is 27.8. The van der Waals surface area contributed by atoms with E-state index in [0.29, 0.717) is 38.0 Å².